The van der Waals surface area contributed by atoms with Crippen LogP contribution in [-0.4, -0.2) is 20.2 Å². The van der Waals surface area contributed by atoms with Crippen LogP contribution in [0.5, 0.6) is 0 Å². The molecule has 1 rings (SSSR count). The molecule has 0 saturated heterocycles. The fraction of sp³-hybridized carbons (Fsp3) is 0.733. The minimum Gasteiger partial charge on any atom is -0.171 e. The van der Waals surface area contributed by atoms with E-state index in [2.05, 4.69) is 0 Å². The lowest BCUT2D eigenvalue weighted by Gasteiger charge is -2.38. The van der Waals surface area contributed by atoms with Gasteiger partial charge in [0.05, 0.1) is 20.2 Å². The molecular formula is C15H19BF6. The van der Waals surface area contributed by atoms with E-state index < -0.39 is 41.8 Å². The van der Waals surface area contributed by atoms with Crippen molar-refractivity contribution >= 4 is 7.85 Å². The molecule has 0 aliphatic heterocycles. The van der Waals surface area contributed by atoms with E-state index in [1.54, 1.807) is 0 Å². The van der Waals surface area contributed by atoms with Crippen molar-refractivity contribution in [3.63, 3.8) is 0 Å². The van der Waals surface area contributed by atoms with Crippen LogP contribution >= 0.6 is 0 Å². The van der Waals surface area contributed by atoms with E-state index in [0.29, 0.717) is 0 Å². The summed E-state index contributed by atoms with van der Waals surface area (Å²) in [5, 5.41) is -1.14. The van der Waals surface area contributed by atoms with Gasteiger partial charge in [-0.1, -0.05) is 51.0 Å². The molecule has 0 fully saturated rings. The lowest BCUT2D eigenvalue weighted by atomic mass is 9.62. The molecule has 0 aromatic rings. The second-order valence-corrected chi connectivity index (χ2v) is 6.69. The van der Waals surface area contributed by atoms with Crippen LogP contribution in [0.1, 0.15) is 34.1 Å². The molecule has 0 N–H and O–H groups in total. The van der Waals surface area contributed by atoms with E-state index in [-0.39, 0.29) is 11.1 Å². The molecule has 0 spiro atoms. The van der Waals surface area contributed by atoms with E-state index in [1.807, 2.05) is 0 Å². The first-order chi connectivity index (χ1) is 9.63. The Bertz CT molecular complexity index is 462. The molecule has 0 amide bonds. The number of hydrogen-bond acceptors (Lipinski definition) is 0. The maximum absolute atomic E-state index is 13.3. The predicted molar refractivity (Wildman–Crippen MR) is 74.5 cm³/mol. The molecule has 22 heavy (non-hydrogen) atoms. The van der Waals surface area contributed by atoms with Crippen molar-refractivity contribution in [3.05, 3.63) is 23.3 Å². The first-order valence-electron chi connectivity index (χ1n) is 6.98. The zero-order chi connectivity index (χ0) is 17.5. The largest absolute Gasteiger partial charge is 0.395 e. The molecule has 0 aromatic carbocycles. The van der Waals surface area contributed by atoms with E-state index in [1.165, 1.54) is 33.8 Å². The molecule has 0 nitrogen and oxygen atoms in total. The highest BCUT2D eigenvalue weighted by atomic mass is 19.4. The van der Waals surface area contributed by atoms with E-state index in [0.717, 1.165) is 6.08 Å². The summed E-state index contributed by atoms with van der Waals surface area (Å²) in [6.07, 6.45) is -8.35. The zero-order valence-electron chi connectivity index (χ0n) is 12.9. The van der Waals surface area contributed by atoms with Gasteiger partial charge >= 0.3 is 12.4 Å². The van der Waals surface area contributed by atoms with E-state index in [4.69, 9.17) is 7.85 Å². The molecule has 2 unspecified atom stereocenters. The number of allylic oxidation sites excluding steroid dienone is 4. The Labute approximate surface area is 128 Å². The van der Waals surface area contributed by atoms with Crippen LogP contribution < -0.4 is 0 Å². The normalized spacial score (nSPS) is 24.3. The average molecular weight is 324 g/mol. The summed E-state index contributed by atoms with van der Waals surface area (Å²) in [4.78, 5) is 0. The van der Waals surface area contributed by atoms with Gasteiger partial charge in [0.1, 0.15) is 0 Å². The van der Waals surface area contributed by atoms with Gasteiger partial charge in [0.2, 0.25) is 0 Å². The fourth-order valence-corrected chi connectivity index (χ4v) is 2.81. The quantitative estimate of drug-likeness (QED) is 0.467. The molecule has 0 saturated carbocycles. The third kappa shape index (κ3) is 4.81. The lowest BCUT2D eigenvalue weighted by Crippen LogP contribution is -2.36. The van der Waals surface area contributed by atoms with Gasteiger partial charge in [0.25, 0.3) is 0 Å². The Morgan fingerprint density at radius 1 is 1.09 bits per heavy atom. The highest BCUT2D eigenvalue weighted by Gasteiger charge is 2.49. The lowest BCUT2D eigenvalue weighted by molar-refractivity contribution is -0.178. The minimum absolute atomic E-state index is 0.0889. The molecule has 1 aliphatic rings. The van der Waals surface area contributed by atoms with Crippen LogP contribution in [0.3, 0.4) is 0 Å². The number of alkyl halides is 6. The molecule has 2 radical (unpaired) electrons. The van der Waals surface area contributed by atoms with Crippen molar-refractivity contribution in [2.45, 2.75) is 51.8 Å². The molecule has 0 bridgehead atoms. The average Bonchev–Trinajstić information content (AvgIpc) is 2.22. The van der Waals surface area contributed by atoms with Crippen molar-refractivity contribution in [3.8, 4) is 0 Å². The summed E-state index contributed by atoms with van der Waals surface area (Å²) in [6.45, 7) is 5.95. The second kappa shape index (κ2) is 5.97. The third-order valence-electron chi connectivity index (χ3n) is 3.76. The SMILES string of the molecule is [B]C(C)(C)C1=CC(C(F)(F)F)C(C(C)C)C(CC(F)(F)F)=C1. The van der Waals surface area contributed by atoms with Crippen LogP contribution in [0, 0.1) is 17.8 Å². The second-order valence-electron chi connectivity index (χ2n) is 6.69. The van der Waals surface area contributed by atoms with Crippen LogP contribution in [0.25, 0.3) is 0 Å². The Hall–Kier alpha value is -0.875. The smallest absolute Gasteiger partial charge is 0.171 e. The van der Waals surface area contributed by atoms with Gasteiger partial charge in [-0.25, -0.2) is 0 Å². The molecule has 0 heterocycles. The van der Waals surface area contributed by atoms with Crippen LogP contribution in [0.4, 0.5) is 26.3 Å². The monoisotopic (exact) mass is 324 g/mol. The Balaban J connectivity index is 3.41. The molecular weight excluding hydrogens is 305 g/mol. The van der Waals surface area contributed by atoms with Crippen LogP contribution in [-0.2, 0) is 0 Å². The van der Waals surface area contributed by atoms with E-state index >= 15 is 0 Å². The van der Waals surface area contributed by atoms with Gasteiger partial charge in [0.15, 0.2) is 0 Å². The Morgan fingerprint density at radius 2 is 1.59 bits per heavy atom. The van der Waals surface area contributed by atoms with Crippen LogP contribution in [0.15, 0.2) is 23.3 Å². The topological polar surface area (TPSA) is 0 Å². The molecule has 2 atom stereocenters. The molecule has 124 valence electrons. The summed E-state index contributed by atoms with van der Waals surface area (Å²) in [5.74, 6) is -3.75. The number of halogens is 6. The highest BCUT2D eigenvalue weighted by Crippen LogP contribution is 2.49. The fourth-order valence-electron chi connectivity index (χ4n) is 2.81. The van der Waals surface area contributed by atoms with Gasteiger partial charge in [-0.3, -0.25) is 0 Å². The molecule has 0 aromatic heterocycles. The summed E-state index contributed by atoms with van der Waals surface area (Å²) in [7, 11) is 5.80. The van der Waals surface area contributed by atoms with Gasteiger partial charge in [0, 0.05) is 0 Å². The predicted octanol–water partition coefficient (Wildman–Crippen LogP) is 5.62. The van der Waals surface area contributed by atoms with Crippen molar-refractivity contribution < 1.29 is 26.3 Å². The van der Waals surface area contributed by atoms with Crippen molar-refractivity contribution in [1.29, 1.82) is 0 Å². The summed E-state index contributed by atoms with van der Waals surface area (Å²) in [6, 6.07) is 0. The Morgan fingerprint density at radius 3 is 1.91 bits per heavy atom. The maximum atomic E-state index is 13.3. The Kier molecular flexibility index (Phi) is 5.20. The first-order valence-corrected chi connectivity index (χ1v) is 6.98. The number of hydrogen-bond donors (Lipinski definition) is 0. The van der Waals surface area contributed by atoms with Crippen molar-refractivity contribution in [2.75, 3.05) is 0 Å². The first kappa shape index (κ1) is 19.2. The van der Waals surface area contributed by atoms with Crippen molar-refractivity contribution in [2.24, 2.45) is 17.8 Å². The number of rotatable bonds is 3. The summed E-state index contributed by atoms with van der Waals surface area (Å²) < 4.78 is 78.2. The summed E-state index contributed by atoms with van der Waals surface area (Å²) in [5.41, 5.74) is -0.160. The van der Waals surface area contributed by atoms with Gasteiger partial charge in [-0.2, -0.15) is 26.3 Å². The van der Waals surface area contributed by atoms with Gasteiger partial charge < -0.3 is 0 Å². The van der Waals surface area contributed by atoms with Crippen molar-refractivity contribution in [1.82, 2.24) is 0 Å². The maximum Gasteiger partial charge on any atom is 0.395 e. The zero-order valence-corrected chi connectivity index (χ0v) is 12.9. The molecule has 7 heteroatoms. The van der Waals surface area contributed by atoms with E-state index in [9.17, 15) is 26.3 Å². The summed E-state index contributed by atoms with van der Waals surface area (Å²) >= 11 is 0. The molecule has 1 aliphatic carbocycles. The highest BCUT2D eigenvalue weighted by molar-refractivity contribution is 6.17. The third-order valence-corrected chi connectivity index (χ3v) is 3.76. The minimum atomic E-state index is -4.61. The van der Waals surface area contributed by atoms with Gasteiger partial charge in [-0.05, 0) is 17.2 Å². The standard InChI is InChI=1S/C15H19BF6/c1-8(2)12-9(7-14(17,18)19)5-10(13(3,4)16)6-11(12)15(20,21)22/h5-6,8,11-12H,7H2,1-4H3. The van der Waals surface area contributed by atoms with Gasteiger partial charge in [-0.15, -0.1) is 0 Å². The van der Waals surface area contributed by atoms with Crippen LogP contribution in [0.2, 0.25) is 5.31 Å².